The van der Waals surface area contributed by atoms with E-state index in [0.29, 0.717) is 46.2 Å². The maximum atomic E-state index is 6.42. The third-order valence-electron chi connectivity index (χ3n) is 6.69. The van der Waals surface area contributed by atoms with Gasteiger partial charge in [-0.15, -0.1) is 0 Å². The highest BCUT2D eigenvalue weighted by atomic mass is 35.5. The van der Waals surface area contributed by atoms with Crippen LogP contribution in [0.25, 0.3) is 0 Å². The van der Waals surface area contributed by atoms with Crippen LogP contribution < -0.4 is 37.4 Å². The Morgan fingerprint density at radius 3 is 1.73 bits per heavy atom. The van der Waals surface area contributed by atoms with Gasteiger partial charge in [0.2, 0.25) is 0 Å². The van der Waals surface area contributed by atoms with Gasteiger partial charge in [-0.1, -0.05) is 78.3 Å². The first-order valence-corrected chi connectivity index (χ1v) is 17.1. The fourth-order valence-corrected chi connectivity index (χ4v) is 8.62. The Kier molecular flexibility index (Phi) is 12.8. The molecule has 226 valence electrons. The molecule has 0 bridgehead atoms. The van der Waals surface area contributed by atoms with Gasteiger partial charge in [-0.05, 0) is 79.9 Å². The first kappa shape index (κ1) is 33.2. The summed E-state index contributed by atoms with van der Waals surface area (Å²) in [5, 5.41) is 20.1. The molecule has 0 saturated carbocycles. The SMILES string of the molecule is CNC(=S)N/N=C(/C(C)=N/NC(=S)NCCOC[P+](c1ccccc1)(c1ccccc1)c1ccccc1)c1ccc(Cl)cc1. The number of halogens is 1. The lowest BCUT2D eigenvalue weighted by Gasteiger charge is -2.27. The molecule has 0 saturated heterocycles. The van der Waals surface area contributed by atoms with E-state index >= 15 is 0 Å². The summed E-state index contributed by atoms with van der Waals surface area (Å²) < 4.78 is 6.42. The van der Waals surface area contributed by atoms with Gasteiger partial charge in [-0.25, -0.2) is 0 Å². The standard InChI is InChI=1S/C33H34ClN6OPS2/c1-25(31(38-39-32(43)35-2)26-18-20-27(34)21-19-26)37-40-33(44)36-22-23-41-24-42(28-12-6-3-7-13-28,29-14-8-4-9-15-29)30-16-10-5-11-17-30/h3-21H,22-24H2,1-2H3,(H3-,35,36,37,38,39,40,43,44)/p+1. The van der Waals surface area contributed by atoms with E-state index in [9.17, 15) is 0 Å². The molecule has 4 aromatic rings. The summed E-state index contributed by atoms with van der Waals surface area (Å²) in [6.45, 7) is 2.80. The predicted molar refractivity (Wildman–Crippen MR) is 196 cm³/mol. The Morgan fingerprint density at radius 1 is 0.727 bits per heavy atom. The first-order valence-electron chi connectivity index (χ1n) is 14.0. The molecule has 7 nitrogen and oxygen atoms in total. The average molecular weight is 662 g/mol. The average Bonchev–Trinajstić information content (AvgIpc) is 3.07. The zero-order valence-electron chi connectivity index (χ0n) is 24.5. The van der Waals surface area contributed by atoms with Crippen LogP contribution in [0.1, 0.15) is 12.5 Å². The molecule has 44 heavy (non-hydrogen) atoms. The summed E-state index contributed by atoms with van der Waals surface area (Å²) in [4.78, 5) is 0. The van der Waals surface area contributed by atoms with E-state index in [2.05, 4.69) is 123 Å². The number of thiocarbonyl (C=S) groups is 2. The third-order valence-corrected chi connectivity index (χ3v) is 11.6. The smallest absolute Gasteiger partial charge is 0.187 e. The lowest BCUT2D eigenvalue weighted by Crippen LogP contribution is -2.37. The molecule has 0 aromatic heterocycles. The fraction of sp³-hybridized carbons (Fsp3) is 0.152. The van der Waals surface area contributed by atoms with E-state index in [1.54, 1.807) is 19.2 Å². The second-order valence-electron chi connectivity index (χ2n) is 9.58. The van der Waals surface area contributed by atoms with Crippen LogP contribution in [0.15, 0.2) is 125 Å². The van der Waals surface area contributed by atoms with E-state index in [1.807, 2.05) is 19.1 Å². The van der Waals surface area contributed by atoms with E-state index in [4.69, 9.17) is 40.8 Å². The molecule has 0 fully saturated rings. The Hall–Kier alpha value is -3.72. The normalized spacial score (nSPS) is 11.9. The van der Waals surface area contributed by atoms with Crippen LogP contribution >= 0.6 is 43.3 Å². The Bertz CT molecular complexity index is 1480. The van der Waals surface area contributed by atoms with E-state index in [0.717, 1.165) is 5.56 Å². The Labute approximate surface area is 275 Å². The molecular formula is C33H35ClN6OPS2+. The van der Waals surface area contributed by atoms with Crippen molar-refractivity contribution < 1.29 is 4.74 Å². The van der Waals surface area contributed by atoms with Crippen LogP contribution in [0.3, 0.4) is 0 Å². The molecule has 0 radical (unpaired) electrons. The second kappa shape index (κ2) is 16.9. The molecule has 0 aliphatic carbocycles. The van der Waals surface area contributed by atoms with Crippen molar-refractivity contribution in [2.24, 2.45) is 10.2 Å². The molecule has 11 heteroatoms. The summed E-state index contributed by atoms with van der Waals surface area (Å²) >= 11 is 16.7. The highest BCUT2D eigenvalue weighted by Gasteiger charge is 2.45. The molecule has 0 aliphatic heterocycles. The Balaban J connectivity index is 1.41. The van der Waals surface area contributed by atoms with Gasteiger partial charge >= 0.3 is 0 Å². The number of hydrogen-bond donors (Lipinski definition) is 4. The van der Waals surface area contributed by atoms with Gasteiger partial charge in [-0.2, -0.15) is 10.2 Å². The quantitative estimate of drug-likeness (QED) is 0.0563. The molecule has 0 amide bonds. The lowest BCUT2D eigenvalue weighted by atomic mass is 10.1. The summed E-state index contributed by atoms with van der Waals surface area (Å²) in [6.07, 6.45) is 0.562. The monoisotopic (exact) mass is 661 g/mol. The maximum absolute atomic E-state index is 6.42. The molecule has 0 atom stereocenters. The van der Waals surface area contributed by atoms with E-state index < -0.39 is 7.26 Å². The first-order chi connectivity index (χ1) is 21.4. The number of nitrogens with one attached hydrogen (secondary N) is 4. The van der Waals surface area contributed by atoms with Crippen molar-refractivity contribution in [1.29, 1.82) is 0 Å². The van der Waals surface area contributed by atoms with Gasteiger partial charge in [0.15, 0.2) is 16.6 Å². The second-order valence-corrected chi connectivity index (χ2v) is 14.3. The summed E-state index contributed by atoms with van der Waals surface area (Å²) in [5.74, 6) is 0. The largest absolute Gasteiger partial charge is 0.364 e. The van der Waals surface area contributed by atoms with Crippen molar-refractivity contribution in [3.8, 4) is 0 Å². The molecule has 0 unspecified atom stereocenters. The zero-order chi connectivity index (χ0) is 31.2. The van der Waals surface area contributed by atoms with Crippen LogP contribution in [0.4, 0.5) is 0 Å². The molecule has 0 spiro atoms. The van der Waals surface area contributed by atoms with Gasteiger partial charge in [0, 0.05) is 24.2 Å². The Morgan fingerprint density at radius 2 is 1.23 bits per heavy atom. The van der Waals surface area contributed by atoms with Crippen molar-refractivity contribution in [3.63, 3.8) is 0 Å². The molecule has 4 aromatic carbocycles. The minimum Gasteiger partial charge on any atom is -0.364 e. The molecule has 0 heterocycles. The number of ether oxygens (including phenoxy) is 1. The summed E-state index contributed by atoms with van der Waals surface area (Å²) in [7, 11) is -0.346. The number of rotatable bonds is 12. The highest BCUT2D eigenvalue weighted by Crippen LogP contribution is 2.55. The van der Waals surface area contributed by atoms with Crippen molar-refractivity contribution >= 4 is 80.9 Å². The van der Waals surface area contributed by atoms with Gasteiger partial charge in [0.05, 0.1) is 12.3 Å². The topological polar surface area (TPSA) is 82.1 Å². The van der Waals surface area contributed by atoms with Crippen LogP contribution in [-0.4, -0.2) is 48.2 Å². The molecule has 4 N–H and O–H groups in total. The third kappa shape index (κ3) is 8.91. The fourth-order valence-electron chi connectivity index (χ4n) is 4.51. The van der Waals surface area contributed by atoms with Gasteiger partial charge in [0.1, 0.15) is 28.9 Å². The number of hydrazone groups is 2. The minimum absolute atomic E-state index is 0.373. The van der Waals surface area contributed by atoms with Crippen molar-refractivity contribution in [2.75, 3.05) is 26.5 Å². The zero-order valence-corrected chi connectivity index (χ0v) is 27.8. The predicted octanol–water partition coefficient (Wildman–Crippen LogP) is 4.95. The van der Waals surface area contributed by atoms with Crippen molar-refractivity contribution in [1.82, 2.24) is 21.5 Å². The van der Waals surface area contributed by atoms with Gasteiger partial charge in [-0.3, -0.25) is 10.9 Å². The van der Waals surface area contributed by atoms with E-state index in [-0.39, 0.29) is 0 Å². The van der Waals surface area contributed by atoms with Crippen LogP contribution in [0, 0.1) is 0 Å². The highest BCUT2D eigenvalue weighted by molar-refractivity contribution is 7.95. The number of nitrogens with zero attached hydrogens (tertiary/aromatic N) is 2. The number of hydrogen-bond acceptors (Lipinski definition) is 5. The maximum Gasteiger partial charge on any atom is 0.187 e. The summed E-state index contributed by atoms with van der Waals surface area (Å²) in [5.41, 5.74) is 7.72. The van der Waals surface area contributed by atoms with Gasteiger partial charge < -0.3 is 15.4 Å². The molecular weight excluding hydrogens is 627 g/mol. The van der Waals surface area contributed by atoms with E-state index in [1.165, 1.54) is 15.9 Å². The minimum atomic E-state index is -2.06. The van der Waals surface area contributed by atoms with Crippen molar-refractivity contribution in [3.05, 3.63) is 126 Å². The number of benzene rings is 4. The summed E-state index contributed by atoms with van der Waals surface area (Å²) in [6, 6.07) is 39.3. The van der Waals surface area contributed by atoms with Crippen LogP contribution in [-0.2, 0) is 4.74 Å². The van der Waals surface area contributed by atoms with Crippen molar-refractivity contribution in [2.45, 2.75) is 6.92 Å². The lowest BCUT2D eigenvalue weighted by molar-refractivity contribution is 0.185. The van der Waals surface area contributed by atoms with Crippen LogP contribution in [0.5, 0.6) is 0 Å². The molecule has 0 aliphatic rings. The molecule has 4 rings (SSSR count). The van der Waals surface area contributed by atoms with Crippen LogP contribution in [0.2, 0.25) is 5.02 Å². The van der Waals surface area contributed by atoms with Gasteiger partial charge in [0.25, 0.3) is 0 Å².